The minimum Gasteiger partial charge on any atom is -0.355 e. The number of nitrogens with zero attached hydrogens (tertiary/aromatic N) is 4. The van der Waals surface area contributed by atoms with Gasteiger partial charge in [-0.05, 0) is 19.9 Å². The number of nitro benzene ring substituents is 1. The van der Waals surface area contributed by atoms with Gasteiger partial charge >= 0.3 is 0 Å². The normalized spacial score (nSPS) is 12.1. The summed E-state index contributed by atoms with van der Waals surface area (Å²) in [6.07, 6.45) is 0. The van der Waals surface area contributed by atoms with Crippen LogP contribution in [0, 0.1) is 24.0 Å². The number of aryl methyl sites for hydroxylation is 2. The molecule has 0 unspecified atom stereocenters. The number of hydrogen-bond acceptors (Lipinski definition) is 6. The lowest BCUT2D eigenvalue weighted by Crippen LogP contribution is -2.41. The number of hydrogen-bond donors (Lipinski definition) is 3. The average Bonchev–Trinajstić information content (AvgIpc) is 2.93. The van der Waals surface area contributed by atoms with Crippen LogP contribution in [0.2, 0.25) is 0 Å². The van der Waals surface area contributed by atoms with E-state index in [0.717, 1.165) is 23.0 Å². The highest BCUT2D eigenvalue weighted by Crippen LogP contribution is 2.16. The summed E-state index contributed by atoms with van der Waals surface area (Å²) >= 11 is 0. The SMILES string of the molecule is CN=C(NCCNS(=O)(=O)c1cccc([N+](=O)[O-])c1)NCc1c(C)nn(C)c1C. The van der Waals surface area contributed by atoms with E-state index < -0.39 is 14.9 Å². The Hall–Kier alpha value is -2.99. The third-order valence-corrected chi connectivity index (χ3v) is 5.82. The molecule has 0 saturated heterocycles. The molecule has 0 saturated carbocycles. The molecule has 0 fully saturated rings. The molecule has 29 heavy (non-hydrogen) atoms. The van der Waals surface area contributed by atoms with Gasteiger partial charge in [-0.2, -0.15) is 5.10 Å². The molecule has 1 aromatic heterocycles. The van der Waals surface area contributed by atoms with E-state index in [2.05, 4.69) is 25.4 Å². The predicted molar refractivity (Wildman–Crippen MR) is 109 cm³/mol. The Bertz CT molecular complexity index is 1010. The maximum absolute atomic E-state index is 12.3. The first-order valence-corrected chi connectivity index (χ1v) is 10.3. The average molecular weight is 423 g/mol. The largest absolute Gasteiger partial charge is 0.355 e. The lowest BCUT2D eigenvalue weighted by atomic mass is 10.2. The Labute approximate surface area is 169 Å². The van der Waals surface area contributed by atoms with Crippen molar-refractivity contribution < 1.29 is 13.3 Å². The van der Waals surface area contributed by atoms with Crippen LogP contribution in [0.15, 0.2) is 34.2 Å². The minimum absolute atomic E-state index is 0.0800. The van der Waals surface area contributed by atoms with Gasteiger partial charge in [-0.25, -0.2) is 13.1 Å². The summed E-state index contributed by atoms with van der Waals surface area (Å²) in [6, 6.07) is 4.90. The van der Waals surface area contributed by atoms with E-state index in [1.807, 2.05) is 25.6 Å². The molecule has 0 spiro atoms. The summed E-state index contributed by atoms with van der Waals surface area (Å²) in [6.45, 7) is 4.80. The molecule has 1 aromatic carbocycles. The summed E-state index contributed by atoms with van der Waals surface area (Å²) in [5.74, 6) is 0.516. The number of nitrogens with one attached hydrogen (secondary N) is 3. The van der Waals surface area contributed by atoms with Gasteiger partial charge in [0.25, 0.3) is 5.69 Å². The van der Waals surface area contributed by atoms with E-state index in [4.69, 9.17) is 0 Å². The fraction of sp³-hybridized carbons (Fsp3) is 0.412. The van der Waals surface area contributed by atoms with Gasteiger partial charge in [-0.3, -0.25) is 19.8 Å². The molecule has 0 aliphatic heterocycles. The van der Waals surface area contributed by atoms with E-state index in [1.54, 1.807) is 7.05 Å². The Morgan fingerprint density at radius 3 is 2.59 bits per heavy atom. The number of aliphatic imine (C=N–C) groups is 1. The molecule has 0 aliphatic rings. The Morgan fingerprint density at radius 1 is 1.28 bits per heavy atom. The van der Waals surface area contributed by atoms with Crippen molar-refractivity contribution in [3.63, 3.8) is 0 Å². The molecule has 11 nitrogen and oxygen atoms in total. The van der Waals surface area contributed by atoms with Crippen molar-refractivity contribution in [2.45, 2.75) is 25.3 Å². The summed E-state index contributed by atoms with van der Waals surface area (Å²) in [5.41, 5.74) is 2.77. The molecule has 0 bridgehead atoms. The topological polar surface area (TPSA) is 144 Å². The van der Waals surface area contributed by atoms with Crippen LogP contribution in [0.1, 0.15) is 17.0 Å². The molecule has 0 radical (unpaired) electrons. The number of nitro groups is 1. The van der Waals surface area contributed by atoms with E-state index in [0.29, 0.717) is 12.5 Å². The number of sulfonamides is 1. The second kappa shape index (κ2) is 9.47. The van der Waals surface area contributed by atoms with Gasteiger partial charge in [0.15, 0.2) is 5.96 Å². The van der Waals surface area contributed by atoms with E-state index in [1.165, 1.54) is 18.2 Å². The second-order valence-corrected chi connectivity index (χ2v) is 8.04. The predicted octanol–water partition coefficient (Wildman–Crippen LogP) is 0.589. The maximum atomic E-state index is 12.3. The highest BCUT2D eigenvalue weighted by Gasteiger charge is 2.17. The zero-order chi connectivity index (χ0) is 21.6. The molecule has 158 valence electrons. The van der Waals surface area contributed by atoms with Gasteiger partial charge in [-0.15, -0.1) is 0 Å². The zero-order valence-corrected chi connectivity index (χ0v) is 17.6. The first-order valence-electron chi connectivity index (χ1n) is 8.83. The molecule has 0 amide bonds. The number of non-ortho nitro benzene ring substituents is 1. The monoisotopic (exact) mass is 423 g/mol. The van der Waals surface area contributed by atoms with Crippen LogP contribution >= 0.6 is 0 Å². The lowest BCUT2D eigenvalue weighted by Gasteiger charge is -2.13. The van der Waals surface area contributed by atoms with Gasteiger partial charge in [0.2, 0.25) is 10.0 Å². The van der Waals surface area contributed by atoms with Crippen LogP contribution in [0.4, 0.5) is 5.69 Å². The van der Waals surface area contributed by atoms with Crippen LogP contribution in [-0.2, 0) is 23.6 Å². The van der Waals surface area contributed by atoms with Crippen molar-refractivity contribution in [3.8, 4) is 0 Å². The number of benzene rings is 1. The number of guanidine groups is 1. The van der Waals surface area contributed by atoms with Crippen molar-refractivity contribution in [2.24, 2.45) is 12.0 Å². The molecule has 12 heteroatoms. The molecule has 3 N–H and O–H groups in total. The summed E-state index contributed by atoms with van der Waals surface area (Å²) < 4.78 is 28.8. The van der Waals surface area contributed by atoms with Crippen LogP contribution < -0.4 is 15.4 Å². The molecule has 0 atom stereocenters. The van der Waals surface area contributed by atoms with Gasteiger partial charge in [0.1, 0.15) is 0 Å². The molecule has 2 rings (SSSR count). The number of aromatic nitrogens is 2. The zero-order valence-electron chi connectivity index (χ0n) is 16.8. The van der Waals surface area contributed by atoms with Crippen molar-refractivity contribution >= 4 is 21.7 Å². The molecular weight excluding hydrogens is 398 g/mol. The highest BCUT2D eigenvalue weighted by molar-refractivity contribution is 7.89. The molecule has 2 aromatic rings. The third-order valence-electron chi connectivity index (χ3n) is 4.36. The fourth-order valence-corrected chi connectivity index (χ4v) is 3.75. The third kappa shape index (κ3) is 5.74. The molecule has 1 heterocycles. The van der Waals surface area contributed by atoms with Crippen molar-refractivity contribution in [2.75, 3.05) is 20.1 Å². The smallest absolute Gasteiger partial charge is 0.270 e. The first kappa shape index (κ1) is 22.3. The van der Waals surface area contributed by atoms with Crippen molar-refractivity contribution in [1.82, 2.24) is 25.1 Å². The second-order valence-electron chi connectivity index (χ2n) is 6.28. The summed E-state index contributed by atoms with van der Waals surface area (Å²) in [7, 11) is -0.353. The van der Waals surface area contributed by atoms with E-state index >= 15 is 0 Å². The fourth-order valence-electron chi connectivity index (χ4n) is 2.68. The Kier molecular flexibility index (Phi) is 7.29. The number of rotatable bonds is 8. The highest BCUT2D eigenvalue weighted by atomic mass is 32.2. The van der Waals surface area contributed by atoms with Gasteiger partial charge in [-0.1, -0.05) is 6.07 Å². The summed E-state index contributed by atoms with van der Waals surface area (Å²) in [4.78, 5) is 14.1. The molecule has 0 aliphatic carbocycles. The Balaban J connectivity index is 1.86. The lowest BCUT2D eigenvalue weighted by molar-refractivity contribution is -0.385. The van der Waals surface area contributed by atoms with Gasteiger partial charge in [0, 0.05) is 57.1 Å². The molecular formula is C17H25N7O4S. The van der Waals surface area contributed by atoms with Gasteiger partial charge < -0.3 is 10.6 Å². The van der Waals surface area contributed by atoms with E-state index in [-0.39, 0.29) is 23.7 Å². The van der Waals surface area contributed by atoms with Crippen LogP contribution in [0.3, 0.4) is 0 Å². The Morgan fingerprint density at radius 2 is 2.00 bits per heavy atom. The first-order chi connectivity index (χ1) is 13.7. The standard InChI is InChI=1S/C17H25N7O4S/c1-12-16(13(2)23(4)22-12)11-20-17(18-3)19-8-9-21-29(27,28)15-7-5-6-14(10-15)24(25)26/h5-7,10,21H,8-9,11H2,1-4H3,(H2,18,19,20). The summed E-state index contributed by atoms with van der Waals surface area (Å²) in [5, 5.41) is 21.3. The van der Waals surface area contributed by atoms with Crippen molar-refractivity contribution in [3.05, 3.63) is 51.3 Å². The quantitative estimate of drug-likeness (QED) is 0.185. The van der Waals surface area contributed by atoms with Crippen LogP contribution in [0.5, 0.6) is 0 Å². The van der Waals surface area contributed by atoms with E-state index in [9.17, 15) is 18.5 Å². The maximum Gasteiger partial charge on any atom is 0.270 e. The van der Waals surface area contributed by atoms with Gasteiger partial charge in [0.05, 0.1) is 15.5 Å². The van der Waals surface area contributed by atoms with Crippen molar-refractivity contribution in [1.29, 1.82) is 0 Å². The van der Waals surface area contributed by atoms with Crippen LogP contribution in [0.25, 0.3) is 0 Å². The minimum atomic E-state index is -3.85. The van der Waals surface area contributed by atoms with Crippen LogP contribution in [-0.4, -0.2) is 49.2 Å².